The Morgan fingerprint density at radius 3 is 2.27 bits per heavy atom. The van der Waals surface area contributed by atoms with E-state index < -0.39 is 0 Å². The number of nitrogens with zero attached hydrogens (tertiary/aromatic N) is 1. The summed E-state index contributed by atoms with van der Waals surface area (Å²) >= 11 is 1.69. The molecule has 1 heterocycles. The molecule has 0 radical (unpaired) electrons. The summed E-state index contributed by atoms with van der Waals surface area (Å²) in [5.41, 5.74) is 6.16. The summed E-state index contributed by atoms with van der Waals surface area (Å²) in [4.78, 5) is 17.7. The van der Waals surface area contributed by atoms with E-state index in [9.17, 15) is 4.79 Å². The molecule has 0 N–H and O–H groups in total. The minimum Gasteiger partial charge on any atom is -0.462 e. The van der Waals surface area contributed by atoms with Crippen molar-refractivity contribution in [3.8, 4) is 21.0 Å². The third-order valence-corrected chi connectivity index (χ3v) is 7.38. The molecule has 0 bridgehead atoms. The molecule has 2 aromatic carbocycles. The van der Waals surface area contributed by atoms with E-state index in [1.54, 1.807) is 23.5 Å². The molecular formula is C26H29NO2S. The van der Waals surface area contributed by atoms with Gasteiger partial charge in [-0.15, -0.1) is 11.3 Å². The van der Waals surface area contributed by atoms with Crippen molar-refractivity contribution in [2.24, 2.45) is 0 Å². The minimum atomic E-state index is -0.288. The second-order valence-corrected chi connectivity index (χ2v) is 10.4. The number of carbonyl (C=O) groups excluding carboxylic acids is 1. The van der Waals surface area contributed by atoms with Gasteiger partial charge in [-0.25, -0.2) is 9.78 Å². The van der Waals surface area contributed by atoms with E-state index in [4.69, 9.17) is 4.74 Å². The molecule has 1 aromatic heterocycles. The van der Waals surface area contributed by atoms with Crippen LogP contribution in [0.5, 0.6) is 0 Å². The van der Waals surface area contributed by atoms with E-state index in [0.29, 0.717) is 12.2 Å². The van der Waals surface area contributed by atoms with Gasteiger partial charge in [0.1, 0.15) is 5.01 Å². The van der Waals surface area contributed by atoms with Gasteiger partial charge in [0.2, 0.25) is 0 Å². The van der Waals surface area contributed by atoms with Crippen molar-refractivity contribution in [1.29, 1.82) is 0 Å². The van der Waals surface area contributed by atoms with Crippen molar-refractivity contribution in [2.45, 2.75) is 58.3 Å². The standard InChI is InChI=1S/C26H29NO2S/c1-6-29-24(28)18-9-7-17(8-10-18)23-27-16-22(30-23)19-11-12-20-21(15-19)26(4,5)14-13-25(20,2)3/h7-12,15-16H,6,13-14H2,1-5H3. The van der Waals surface area contributed by atoms with Crippen LogP contribution < -0.4 is 0 Å². The molecule has 0 atom stereocenters. The summed E-state index contributed by atoms with van der Waals surface area (Å²) in [5, 5.41) is 0.956. The summed E-state index contributed by atoms with van der Waals surface area (Å²) in [5.74, 6) is -0.288. The molecule has 0 saturated carbocycles. The minimum absolute atomic E-state index is 0.192. The molecule has 0 unspecified atom stereocenters. The van der Waals surface area contributed by atoms with Crippen molar-refractivity contribution >= 4 is 17.3 Å². The molecule has 3 nitrogen and oxygen atoms in total. The maximum absolute atomic E-state index is 11.9. The van der Waals surface area contributed by atoms with Gasteiger partial charge in [-0.05, 0) is 65.5 Å². The molecule has 0 spiro atoms. The predicted molar refractivity (Wildman–Crippen MR) is 124 cm³/mol. The van der Waals surface area contributed by atoms with Gasteiger partial charge in [0.25, 0.3) is 0 Å². The highest BCUT2D eigenvalue weighted by molar-refractivity contribution is 7.18. The molecule has 4 rings (SSSR count). The number of aromatic nitrogens is 1. The monoisotopic (exact) mass is 419 g/mol. The van der Waals surface area contributed by atoms with Gasteiger partial charge in [-0.1, -0.05) is 52.0 Å². The largest absolute Gasteiger partial charge is 0.462 e. The third-order valence-electron chi connectivity index (χ3n) is 6.29. The van der Waals surface area contributed by atoms with Gasteiger partial charge in [0.15, 0.2) is 0 Å². The fourth-order valence-corrected chi connectivity index (χ4v) is 5.16. The van der Waals surface area contributed by atoms with E-state index in [-0.39, 0.29) is 16.8 Å². The Kier molecular flexibility index (Phi) is 5.31. The Morgan fingerprint density at radius 1 is 0.967 bits per heavy atom. The zero-order valence-corrected chi connectivity index (χ0v) is 19.2. The number of esters is 1. The molecule has 0 aliphatic heterocycles. The van der Waals surface area contributed by atoms with Crippen LogP contribution in [-0.4, -0.2) is 17.6 Å². The molecule has 4 heteroatoms. The number of hydrogen-bond donors (Lipinski definition) is 0. The van der Waals surface area contributed by atoms with E-state index >= 15 is 0 Å². The Hall–Kier alpha value is -2.46. The average Bonchev–Trinajstić information content (AvgIpc) is 3.22. The van der Waals surface area contributed by atoms with Crippen molar-refractivity contribution in [3.63, 3.8) is 0 Å². The van der Waals surface area contributed by atoms with Crippen LogP contribution >= 0.6 is 11.3 Å². The van der Waals surface area contributed by atoms with Crippen LogP contribution in [0.2, 0.25) is 0 Å². The van der Waals surface area contributed by atoms with Crippen molar-refractivity contribution < 1.29 is 9.53 Å². The highest BCUT2D eigenvalue weighted by Gasteiger charge is 2.37. The first-order chi connectivity index (χ1) is 14.2. The maximum Gasteiger partial charge on any atom is 0.338 e. The quantitative estimate of drug-likeness (QED) is 0.427. The maximum atomic E-state index is 11.9. The molecule has 0 saturated heterocycles. The SMILES string of the molecule is CCOC(=O)c1ccc(-c2ncc(-c3ccc4c(c3)C(C)(C)CCC4(C)C)s2)cc1. The van der Waals surface area contributed by atoms with E-state index in [1.807, 2.05) is 25.3 Å². The van der Waals surface area contributed by atoms with Crippen LogP contribution in [0.15, 0.2) is 48.7 Å². The van der Waals surface area contributed by atoms with Crippen LogP contribution in [0.25, 0.3) is 21.0 Å². The number of fused-ring (bicyclic) bond motifs is 1. The van der Waals surface area contributed by atoms with Crippen LogP contribution in [0.3, 0.4) is 0 Å². The second kappa shape index (κ2) is 7.66. The first-order valence-corrected chi connectivity index (χ1v) is 11.4. The van der Waals surface area contributed by atoms with Crippen LogP contribution in [-0.2, 0) is 15.6 Å². The lowest BCUT2D eigenvalue weighted by molar-refractivity contribution is 0.0526. The van der Waals surface area contributed by atoms with Crippen molar-refractivity contribution in [2.75, 3.05) is 6.61 Å². The molecule has 0 fully saturated rings. The summed E-state index contributed by atoms with van der Waals surface area (Å²) in [6.07, 6.45) is 4.39. The molecular weight excluding hydrogens is 390 g/mol. The van der Waals surface area contributed by atoms with Crippen LogP contribution in [0.4, 0.5) is 0 Å². The van der Waals surface area contributed by atoms with Gasteiger partial charge >= 0.3 is 5.97 Å². The molecule has 1 aliphatic carbocycles. The molecule has 3 aromatic rings. The Labute approximate surface area is 183 Å². The third kappa shape index (κ3) is 3.81. The first-order valence-electron chi connectivity index (χ1n) is 10.6. The number of benzene rings is 2. The fraction of sp³-hybridized carbons (Fsp3) is 0.385. The Balaban J connectivity index is 1.64. The van der Waals surface area contributed by atoms with Gasteiger partial charge in [-0.2, -0.15) is 0 Å². The number of thiazole rings is 1. The summed E-state index contributed by atoms with van der Waals surface area (Å²) in [6, 6.07) is 14.4. The fourth-order valence-electron chi connectivity index (χ4n) is 4.25. The highest BCUT2D eigenvalue weighted by atomic mass is 32.1. The molecule has 0 amide bonds. The first kappa shape index (κ1) is 20.8. The lowest BCUT2D eigenvalue weighted by Gasteiger charge is -2.42. The van der Waals surface area contributed by atoms with Crippen LogP contribution in [0, 0.1) is 0 Å². The number of ether oxygens (including phenoxy) is 1. The highest BCUT2D eigenvalue weighted by Crippen LogP contribution is 2.47. The Bertz CT molecular complexity index is 1080. The van der Waals surface area contributed by atoms with Gasteiger partial charge < -0.3 is 4.74 Å². The number of carbonyl (C=O) groups is 1. The van der Waals surface area contributed by atoms with Crippen molar-refractivity contribution in [3.05, 3.63) is 65.4 Å². The van der Waals surface area contributed by atoms with Crippen molar-refractivity contribution in [1.82, 2.24) is 4.98 Å². The van der Waals surface area contributed by atoms with E-state index in [1.165, 1.54) is 34.4 Å². The molecule has 156 valence electrons. The molecule has 30 heavy (non-hydrogen) atoms. The van der Waals surface area contributed by atoms with Gasteiger partial charge in [0.05, 0.1) is 17.0 Å². The zero-order valence-electron chi connectivity index (χ0n) is 18.4. The van der Waals surface area contributed by atoms with E-state index in [0.717, 1.165) is 10.6 Å². The average molecular weight is 420 g/mol. The smallest absolute Gasteiger partial charge is 0.338 e. The number of rotatable bonds is 4. The normalized spacial score (nSPS) is 16.7. The predicted octanol–water partition coefficient (Wildman–Crippen LogP) is 7.00. The van der Waals surface area contributed by atoms with Gasteiger partial charge in [0, 0.05) is 11.8 Å². The second-order valence-electron chi connectivity index (χ2n) is 9.36. The zero-order chi connectivity index (χ0) is 21.5. The molecule has 1 aliphatic rings. The van der Waals surface area contributed by atoms with Crippen LogP contribution in [0.1, 0.15) is 68.9 Å². The summed E-state index contributed by atoms with van der Waals surface area (Å²) in [6.45, 7) is 11.6. The Morgan fingerprint density at radius 2 is 1.60 bits per heavy atom. The summed E-state index contributed by atoms with van der Waals surface area (Å²) in [7, 11) is 0. The lowest BCUT2D eigenvalue weighted by atomic mass is 9.63. The van der Waals surface area contributed by atoms with Gasteiger partial charge in [-0.3, -0.25) is 0 Å². The topological polar surface area (TPSA) is 39.2 Å². The number of hydrogen-bond acceptors (Lipinski definition) is 4. The summed E-state index contributed by atoms with van der Waals surface area (Å²) < 4.78 is 5.06. The van der Waals surface area contributed by atoms with E-state index in [2.05, 4.69) is 50.9 Å². The lowest BCUT2D eigenvalue weighted by Crippen LogP contribution is -2.33.